The molecule has 1 saturated heterocycles. The van der Waals surface area contributed by atoms with Gasteiger partial charge in [0.15, 0.2) is 0 Å². The van der Waals surface area contributed by atoms with E-state index in [1.54, 1.807) is 6.07 Å². The molecule has 0 aliphatic carbocycles. The predicted octanol–water partition coefficient (Wildman–Crippen LogP) is 2.55. The van der Waals surface area contributed by atoms with Crippen LogP contribution in [0.2, 0.25) is 5.02 Å². The second-order valence-corrected chi connectivity index (χ2v) is 4.46. The van der Waals surface area contributed by atoms with Gasteiger partial charge >= 0.3 is 0 Å². The number of halogens is 1. The van der Waals surface area contributed by atoms with Crippen molar-refractivity contribution in [2.75, 3.05) is 11.9 Å². The number of nitrogens with one attached hydrogen (secondary N) is 1. The molecule has 0 saturated carbocycles. The molecule has 5 heteroatoms. The molecular weight excluding hydrogens is 242 g/mol. The first-order chi connectivity index (χ1) is 8.15. The van der Waals surface area contributed by atoms with Crippen LogP contribution in [0.3, 0.4) is 0 Å². The number of hydrogen-bond donors (Lipinski definition) is 2. The molecule has 1 aliphatic rings. The summed E-state index contributed by atoms with van der Waals surface area (Å²) in [6, 6.07) is 4.45. The van der Waals surface area contributed by atoms with Crippen LogP contribution >= 0.6 is 11.6 Å². The topological polar surface area (TPSA) is 58.6 Å². The van der Waals surface area contributed by atoms with Crippen molar-refractivity contribution < 1.29 is 14.6 Å². The van der Waals surface area contributed by atoms with E-state index >= 15 is 0 Å². The fourth-order valence-corrected chi connectivity index (χ4v) is 2.04. The zero-order valence-electron chi connectivity index (χ0n) is 9.28. The van der Waals surface area contributed by atoms with Gasteiger partial charge in [0, 0.05) is 12.7 Å². The Morgan fingerprint density at radius 2 is 2.41 bits per heavy atom. The van der Waals surface area contributed by atoms with Crippen molar-refractivity contribution in [1.82, 2.24) is 0 Å². The lowest BCUT2D eigenvalue weighted by Crippen LogP contribution is -2.19. The Balaban J connectivity index is 1.93. The average Bonchev–Trinajstić information content (AvgIpc) is 2.75. The van der Waals surface area contributed by atoms with Crippen LogP contribution < -0.4 is 5.32 Å². The van der Waals surface area contributed by atoms with E-state index < -0.39 is 0 Å². The Morgan fingerprint density at radius 3 is 3.06 bits per heavy atom. The van der Waals surface area contributed by atoms with Crippen LogP contribution in [0.25, 0.3) is 0 Å². The molecule has 1 amide bonds. The van der Waals surface area contributed by atoms with Gasteiger partial charge in [0.05, 0.1) is 23.2 Å². The third-order valence-electron chi connectivity index (χ3n) is 2.66. The van der Waals surface area contributed by atoms with Gasteiger partial charge in [0.2, 0.25) is 5.91 Å². The fraction of sp³-hybridized carbons (Fsp3) is 0.417. The van der Waals surface area contributed by atoms with E-state index in [1.807, 2.05) is 0 Å². The van der Waals surface area contributed by atoms with Crippen molar-refractivity contribution in [3.8, 4) is 5.75 Å². The summed E-state index contributed by atoms with van der Waals surface area (Å²) in [6.45, 7) is 0.734. The number of benzene rings is 1. The summed E-state index contributed by atoms with van der Waals surface area (Å²) in [5, 5.41) is 12.2. The summed E-state index contributed by atoms with van der Waals surface area (Å²) < 4.78 is 5.38. The van der Waals surface area contributed by atoms with Crippen molar-refractivity contribution in [2.45, 2.75) is 25.4 Å². The maximum Gasteiger partial charge on any atom is 0.227 e. The van der Waals surface area contributed by atoms with Gasteiger partial charge in [-0.25, -0.2) is 0 Å². The van der Waals surface area contributed by atoms with Gasteiger partial charge in [-0.15, -0.1) is 0 Å². The second-order valence-electron chi connectivity index (χ2n) is 4.05. The molecule has 92 valence electrons. The summed E-state index contributed by atoms with van der Waals surface area (Å²) in [5.74, 6) is -0.0448. The first-order valence-electron chi connectivity index (χ1n) is 5.55. The van der Waals surface area contributed by atoms with E-state index in [0.717, 1.165) is 19.4 Å². The highest BCUT2D eigenvalue weighted by atomic mass is 35.5. The molecule has 4 nitrogen and oxygen atoms in total. The van der Waals surface area contributed by atoms with E-state index in [9.17, 15) is 9.90 Å². The largest absolute Gasteiger partial charge is 0.508 e. The summed E-state index contributed by atoms with van der Waals surface area (Å²) in [4.78, 5) is 11.7. The third kappa shape index (κ3) is 3.35. The summed E-state index contributed by atoms with van der Waals surface area (Å²) in [7, 11) is 0. The van der Waals surface area contributed by atoms with Crippen LogP contribution in [0.4, 0.5) is 5.69 Å². The predicted molar refractivity (Wildman–Crippen MR) is 65.3 cm³/mol. The fourth-order valence-electron chi connectivity index (χ4n) is 1.82. The number of rotatable bonds is 3. The van der Waals surface area contributed by atoms with Gasteiger partial charge in [-0.1, -0.05) is 11.6 Å². The maximum atomic E-state index is 11.7. The minimum atomic E-state index is -0.121. The molecule has 17 heavy (non-hydrogen) atoms. The van der Waals surface area contributed by atoms with Gasteiger partial charge < -0.3 is 15.2 Å². The second kappa shape index (κ2) is 5.38. The van der Waals surface area contributed by atoms with Crippen molar-refractivity contribution in [1.29, 1.82) is 0 Å². The molecule has 1 aromatic carbocycles. The number of carbonyl (C=O) groups excluding carboxylic acids is 1. The van der Waals surface area contributed by atoms with Gasteiger partial charge in [-0.2, -0.15) is 0 Å². The molecule has 0 aromatic heterocycles. The number of phenolic OH excluding ortho intramolecular Hbond substituents is 1. The van der Waals surface area contributed by atoms with Gasteiger partial charge in [-0.3, -0.25) is 4.79 Å². The SMILES string of the molecule is O=C(CC1CCCO1)Nc1ccc(O)cc1Cl. The Hall–Kier alpha value is -1.26. The third-order valence-corrected chi connectivity index (χ3v) is 2.98. The van der Waals surface area contributed by atoms with Crippen LogP contribution in [0, 0.1) is 0 Å². The standard InChI is InChI=1S/C12H14ClNO3/c13-10-6-8(15)3-4-11(10)14-12(16)7-9-2-1-5-17-9/h3-4,6,9,15H,1-2,5,7H2,(H,14,16). The number of amides is 1. The lowest BCUT2D eigenvalue weighted by atomic mass is 10.2. The molecule has 0 radical (unpaired) electrons. The molecule has 2 N–H and O–H groups in total. The maximum absolute atomic E-state index is 11.7. The zero-order valence-corrected chi connectivity index (χ0v) is 10.0. The summed E-state index contributed by atoms with van der Waals surface area (Å²) >= 11 is 5.88. The first kappa shape index (κ1) is 12.2. The molecular formula is C12H14ClNO3. The number of phenols is 1. The van der Waals surface area contributed by atoms with Gasteiger partial charge in [0.25, 0.3) is 0 Å². The molecule has 1 fully saturated rings. The Morgan fingerprint density at radius 1 is 1.59 bits per heavy atom. The van der Waals surface area contributed by atoms with E-state index in [0.29, 0.717) is 17.1 Å². The van der Waals surface area contributed by atoms with Crippen LogP contribution in [-0.4, -0.2) is 23.7 Å². The van der Waals surface area contributed by atoms with Crippen LogP contribution in [0.5, 0.6) is 5.75 Å². The Bertz CT molecular complexity index is 416. The quantitative estimate of drug-likeness (QED) is 0.816. The van der Waals surface area contributed by atoms with Crippen molar-refractivity contribution in [3.63, 3.8) is 0 Å². The number of hydrogen-bond acceptors (Lipinski definition) is 3. The van der Waals surface area contributed by atoms with Crippen LogP contribution in [0.15, 0.2) is 18.2 Å². The highest BCUT2D eigenvalue weighted by Gasteiger charge is 2.19. The van der Waals surface area contributed by atoms with Crippen LogP contribution in [-0.2, 0) is 9.53 Å². The molecule has 1 heterocycles. The highest BCUT2D eigenvalue weighted by molar-refractivity contribution is 6.33. The molecule has 1 aromatic rings. The monoisotopic (exact) mass is 255 g/mol. The van der Waals surface area contributed by atoms with Gasteiger partial charge in [-0.05, 0) is 25.0 Å². The number of anilines is 1. The molecule has 1 unspecified atom stereocenters. The van der Waals surface area contributed by atoms with E-state index in [2.05, 4.69) is 5.32 Å². The minimum absolute atomic E-state index is 0.0193. The number of aromatic hydroxyl groups is 1. The van der Waals surface area contributed by atoms with Crippen molar-refractivity contribution in [2.24, 2.45) is 0 Å². The van der Waals surface area contributed by atoms with Crippen molar-refractivity contribution in [3.05, 3.63) is 23.2 Å². The molecule has 1 aliphatic heterocycles. The number of carbonyl (C=O) groups is 1. The Kier molecular flexibility index (Phi) is 3.86. The summed E-state index contributed by atoms with van der Waals surface area (Å²) in [6.07, 6.45) is 2.30. The van der Waals surface area contributed by atoms with E-state index in [1.165, 1.54) is 12.1 Å². The zero-order chi connectivity index (χ0) is 12.3. The lowest BCUT2D eigenvalue weighted by molar-refractivity contribution is -0.118. The average molecular weight is 256 g/mol. The molecule has 2 rings (SSSR count). The van der Waals surface area contributed by atoms with Gasteiger partial charge in [0.1, 0.15) is 5.75 Å². The van der Waals surface area contributed by atoms with E-state index in [4.69, 9.17) is 16.3 Å². The van der Waals surface area contributed by atoms with Crippen molar-refractivity contribution >= 4 is 23.2 Å². The Labute approximate surface area is 105 Å². The minimum Gasteiger partial charge on any atom is -0.508 e. The lowest BCUT2D eigenvalue weighted by Gasteiger charge is -2.10. The summed E-state index contributed by atoms with van der Waals surface area (Å²) in [5.41, 5.74) is 0.507. The smallest absolute Gasteiger partial charge is 0.227 e. The molecule has 0 bridgehead atoms. The number of ether oxygens (including phenoxy) is 1. The molecule has 1 atom stereocenters. The van der Waals surface area contributed by atoms with E-state index in [-0.39, 0.29) is 17.8 Å². The highest BCUT2D eigenvalue weighted by Crippen LogP contribution is 2.26. The first-order valence-corrected chi connectivity index (χ1v) is 5.93. The molecule has 0 spiro atoms. The van der Waals surface area contributed by atoms with Crippen LogP contribution in [0.1, 0.15) is 19.3 Å². The normalized spacial score (nSPS) is 19.2.